The van der Waals surface area contributed by atoms with Gasteiger partial charge in [-0.3, -0.25) is 10.1 Å². The van der Waals surface area contributed by atoms with Gasteiger partial charge in [-0.25, -0.2) is 0 Å². The fourth-order valence-corrected chi connectivity index (χ4v) is 2.07. The molecule has 16 heavy (non-hydrogen) atoms. The molecule has 0 bridgehead atoms. The molecule has 88 valence electrons. The van der Waals surface area contributed by atoms with E-state index in [4.69, 9.17) is 5.11 Å². The van der Waals surface area contributed by atoms with Gasteiger partial charge in [0.25, 0.3) is 5.69 Å². The fraction of sp³-hybridized carbons (Fsp3) is 0.400. The number of non-ortho nitro benzene ring substituents is 1. The van der Waals surface area contributed by atoms with E-state index in [1.54, 1.807) is 6.07 Å². The summed E-state index contributed by atoms with van der Waals surface area (Å²) in [6, 6.07) is 4.59. The van der Waals surface area contributed by atoms with Gasteiger partial charge in [-0.15, -0.1) is 11.8 Å². The van der Waals surface area contributed by atoms with Crippen LogP contribution in [0.4, 0.5) is 5.69 Å². The van der Waals surface area contributed by atoms with Crippen LogP contribution >= 0.6 is 11.8 Å². The van der Waals surface area contributed by atoms with Gasteiger partial charge in [0.15, 0.2) is 0 Å². The standard InChI is InChI=1S/C10H13NO4S/c1-7-2-3-8(11(14)15)4-10(7)16-6-9(13)5-12/h2-4,9,12-13H,5-6H2,1H3. The second kappa shape index (κ2) is 5.83. The number of nitro benzene ring substituents is 1. The second-order valence-corrected chi connectivity index (χ2v) is 4.42. The van der Waals surface area contributed by atoms with Crippen LogP contribution in [0.25, 0.3) is 0 Å². The number of rotatable bonds is 5. The molecule has 0 aliphatic heterocycles. The molecule has 1 atom stereocenters. The van der Waals surface area contributed by atoms with Crippen molar-refractivity contribution in [2.45, 2.75) is 17.9 Å². The van der Waals surface area contributed by atoms with Gasteiger partial charge in [-0.05, 0) is 12.5 Å². The van der Waals surface area contributed by atoms with E-state index in [1.807, 2.05) is 6.92 Å². The lowest BCUT2D eigenvalue weighted by Crippen LogP contribution is -2.14. The van der Waals surface area contributed by atoms with E-state index in [0.29, 0.717) is 5.75 Å². The molecule has 5 nitrogen and oxygen atoms in total. The molecule has 6 heteroatoms. The fourth-order valence-electron chi connectivity index (χ4n) is 1.10. The van der Waals surface area contributed by atoms with Gasteiger partial charge < -0.3 is 10.2 Å². The average Bonchev–Trinajstić information content (AvgIpc) is 2.27. The summed E-state index contributed by atoms with van der Waals surface area (Å²) in [5.41, 5.74) is 0.951. The first-order valence-corrected chi connectivity index (χ1v) is 5.70. The van der Waals surface area contributed by atoms with E-state index < -0.39 is 11.0 Å². The third kappa shape index (κ3) is 3.48. The van der Waals surface area contributed by atoms with E-state index in [-0.39, 0.29) is 12.3 Å². The van der Waals surface area contributed by atoms with Gasteiger partial charge in [0.05, 0.1) is 17.6 Å². The van der Waals surface area contributed by atoms with Gasteiger partial charge in [-0.2, -0.15) is 0 Å². The zero-order chi connectivity index (χ0) is 12.1. The highest BCUT2D eigenvalue weighted by Crippen LogP contribution is 2.27. The number of aryl methyl sites for hydroxylation is 1. The monoisotopic (exact) mass is 243 g/mol. The van der Waals surface area contributed by atoms with Crippen molar-refractivity contribution >= 4 is 17.4 Å². The van der Waals surface area contributed by atoms with Crippen LogP contribution in [0.2, 0.25) is 0 Å². The molecule has 0 aliphatic rings. The Hall–Kier alpha value is -1.11. The molecular formula is C10H13NO4S. The van der Waals surface area contributed by atoms with Crippen molar-refractivity contribution < 1.29 is 15.1 Å². The quantitative estimate of drug-likeness (QED) is 0.463. The molecule has 1 unspecified atom stereocenters. The Morgan fingerprint density at radius 2 is 2.25 bits per heavy atom. The number of thioether (sulfide) groups is 1. The summed E-state index contributed by atoms with van der Waals surface area (Å²) in [4.78, 5) is 10.9. The van der Waals surface area contributed by atoms with Crippen LogP contribution in [0.1, 0.15) is 5.56 Å². The first-order valence-electron chi connectivity index (χ1n) is 4.71. The van der Waals surface area contributed by atoms with E-state index in [9.17, 15) is 15.2 Å². The third-order valence-corrected chi connectivity index (χ3v) is 3.33. The molecule has 0 saturated heterocycles. The minimum absolute atomic E-state index is 0.0339. The number of aliphatic hydroxyl groups excluding tert-OH is 2. The third-order valence-electron chi connectivity index (χ3n) is 2.02. The molecule has 0 aliphatic carbocycles. The lowest BCUT2D eigenvalue weighted by molar-refractivity contribution is -0.385. The summed E-state index contributed by atoms with van der Waals surface area (Å²) < 4.78 is 0. The largest absolute Gasteiger partial charge is 0.394 e. The molecule has 2 N–H and O–H groups in total. The smallest absolute Gasteiger partial charge is 0.270 e. The lowest BCUT2D eigenvalue weighted by atomic mass is 10.2. The van der Waals surface area contributed by atoms with Crippen molar-refractivity contribution in [2.24, 2.45) is 0 Å². The lowest BCUT2D eigenvalue weighted by Gasteiger charge is -2.08. The number of nitrogens with zero attached hydrogens (tertiary/aromatic N) is 1. The molecule has 0 saturated carbocycles. The molecular weight excluding hydrogens is 230 g/mol. The van der Waals surface area contributed by atoms with Crippen molar-refractivity contribution in [3.8, 4) is 0 Å². The highest BCUT2D eigenvalue weighted by molar-refractivity contribution is 7.99. The van der Waals surface area contributed by atoms with Crippen LogP contribution < -0.4 is 0 Å². The van der Waals surface area contributed by atoms with Crippen LogP contribution in [0.5, 0.6) is 0 Å². The van der Waals surface area contributed by atoms with Crippen molar-refractivity contribution in [1.82, 2.24) is 0 Å². The molecule has 0 radical (unpaired) electrons. The highest BCUT2D eigenvalue weighted by Gasteiger charge is 2.10. The summed E-state index contributed by atoms with van der Waals surface area (Å²) in [5, 5.41) is 28.4. The number of nitro groups is 1. The maximum Gasteiger partial charge on any atom is 0.270 e. The molecule has 1 aromatic carbocycles. The summed E-state index contributed by atoms with van der Waals surface area (Å²) >= 11 is 1.30. The van der Waals surface area contributed by atoms with Gasteiger partial charge in [0.2, 0.25) is 0 Å². The van der Waals surface area contributed by atoms with Crippen LogP contribution in [0, 0.1) is 17.0 Å². The maximum atomic E-state index is 10.6. The molecule has 0 heterocycles. The Bertz CT molecular complexity index is 383. The van der Waals surface area contributed by atoms with E-state index in [1.165, 1.54) is 23.9 Å². The average molecular weight is 243 g/mol. The Labute approximate surface area is 97.3 Å². The van der Waals surface area contributed by atoms with Gasteiger partial charge in [0.1, 0.15) is 0 Å². The maximum absolute atomic E-state index is 10.6. The number of hydrogen-bond donors (Lipinski definition) is 2. The van der Waals surface area contributed by atoms with E-state index in [0.717, 1.165) is 10.5 Å². The van der Waals surface area contributed by atoms with Gasteiger partial charge in [-0.1, -0.05) is 6.07 Å². The summed E-state index contributed by atoms with van der Waals surface area (Å²) in [7, 11) is 0. The van der Waals surface area contributed by atoms with Crippen LogP contribution in [0.15, 0.2) is 23.1 Å². The number of hydrogen-bond acceptors (Lipinski definition) is 5. The Morgan fingerprint density at radius 1 is 1.56 bits per heavy atom. The molecule has 0 amide bonds. The SMILES string of the molecule is Cc1ccc([N+](=O)[O-])cc1SCC(O)CO. The Morgan fingerprint density at radius 3 is 2.81 bits per heavy atom. The van der Waals surface area contributed by atoms with E-state index in [2.05, 4.69) is 0 Å². The zero-order valence-electron chi connectivity index (χ0n) is 8.79. The molecule has 0 aromatic heterocycles. The topological polar surface area (TPSA) is 83.6 Å². The predicted octanol–water partition coefficient (Wildman–Crippen LogP) is 1.35. The van der Waals surface area contributed by atoms with Crippen LogP contribution in [0.3, 0.4) is 0 Å². The summed E-state index contributed by atoms with van der Waals surface area (Å²) in [5.74, 6) is 0.318. The minimum Gasteiger partial charge on any atom is -0.394 e. The Kier molecular flexibility index (Phi) is 4.72. The van der Waals surface area contributed by atoms with Gasteiger partial charge in [0, 0.05) is 22.8 Å². The van der Waals surface area contributed by atoms with E-state index >= 15 is 0 Å². The summed E-state index contributed by atoms with van der Waals surface area (Å²) in [6.45, 7) is 1.54. The molecule has 0 spiro atoms. The van der Waals surface area contributed by atoms with Crippen molar-refractivity contribution in [3.63, 3.8) is 0 Å². The minimum atomic E-state index is -0.802. The van der Waals surface area contributed by atoms with Crippen molar-refractivity contribution in [3.05, 3.63) is 33.9 Å². The zero-order valence-corrected chi connectivity index (χ0v) is 9.61. The number of benzene rings is 1. The molecule has 1 rings (SSSR count). The number of aliphatic hydroxyl groups is 2. The van der Waals surface area contributed by atoms with Gasteiger partial charge >= 0.3 is 0 Å². The second-order valence-electron chi connectivity index (χ2n) is 3.35. The first-order chi connectivity index (χ1) is 7.54. The van der Waals surface area contributed by atoms with Crippen molar-refractivity contribution in [2.75, 3.05) is 12.4 Å². The molecule has 1 aromatic rings. The van der Waals surface area contributed by atoms with Crippen molar-refractivity contribution in [1.29, 1.82) is 0 Å². The van der Waals surface area contributed by atoms with Crippen LogP contribution in [-0.4, -0.2) is 33.6 Å². The highest BCUT2D eigenvalue weighted by atomic mass is 32.2. The summed E-state index contributed by atoms with van der Waals surface area (Å²) in [6.07, 6.45) is -0.802. The molecule has 0 fully saturated rings. The normalized spacial score (nSPS) is 12.4. The first kappa shape index (κ1) is 13.0. The Balaban J connectivity index is 2.78. The predicted molar refractivity (Wildman–Crippen MR) is 61.7 cm³/mol. The van der Waals surface area contributed by atoms with Crippen LogP contribution in [-0.2, 0) is 0 Å².